The number of nitrogens with zero attached hydrogens (tertiary/aromatic N) is 4. The number of anilines is 2. The van der Waals surface area contributed by atoms with Crippen LogP contribution in [0.4, 0.5) is 17.1 Å². The van der Waals surface area contributed by atoms with Crippen LogP contribution in [0.15, 0.2) is 46.4 Å². The maximum Gasteiger partial charge on any atom is 1.00 e. The summed E-state index contributed by atoms with van der Waals surface area (Å²) in [5, 5.41) is 27.2. The summed E-state index contributed by atoms with van der Waals surface area (Å²) in [5.74, 6) is -1.56. The Morgan fingerprint density at radius 3 is 2.35 bits per heavy atom. The van der Waals surface area contributed by atoms with Gasteiger partial charge in [0, 0.05) is 32.4 Å². The van der Waals surface area contributed by atoms with Gasteiger partial charge in [-0.1, -0.05) is 0 Å². The molecule has 0 radical (unpaired) electrons. The summed E-state index contributed by atoms with van der Waals surface area (Å²) in [7, 11) is 0.0187. The van der Waals surface area contributed by atoms with Crippen molar-refractivity contribution in [3.63, 3.8) is 0 Å². The second kappa shape index (κ2) is 10.5. The van der Waals surface area contributed by atoms with Crippen LogP contribution in [-0.4, -0.2) is 51.5 Å². The Kier molecular flexibility index (Phi) is 8.96. The SMILES string of the molecule is C=NN(Nc1ccc([N+](=O)[O-])cc1OC)c1ccc(S(=O)(=O)N(C)C)cc1C(=O)[O-].[Na+]. The largest absolute Gasteiger partial charge is 1.00 e. The van der Waals surface area contributed by atoms with Crippen LogP contribution < -0.4 is 49.9 Å². The zero-order valence-corrected chi connectivity index (χ0v) is 20.0. The Labute approximate surface area is 200 Å². The van der Waals surface area contributed by atoms with Gasteiger partial charge < -0.3 is 14.6 Å². The van der Waals surface area contributed by atoms with Crippen molar-refractivity contribution in [1.82, 2.24) is 4.31 Å². The Morgan fingerprint density at radius 1 is 1.23 bits per heavy atom. The molecule has 0 amide bonds. The summed E-state index contributed by atoms with van der Waals surface area (Å²) in [4.78, 5) is 21.7. The van der Waals surface area contributed by atoms with Gasteiger partial charge in [0.15, 0.2) is 5.75 Å². The molecule has 0 spiro atoms. The van der Waals surface area contributed by atoms with Gasteiger partial charge in [-0.2, -0.15) is 10.2 Å². The quantitative estimate of drug-likeness (QED) is 0.188. The standard InChI is InChI=1S/C17H19N5O7S.Na/c1-18-21(19-14-7-5-11(22(25)26)9-16(14)29-4)15-8-6-12(10-13(15)17(23)24)30(27,28)20(2)3;/h5-10,19H,1H2,2-4H3,(H,23,24);/q;+1/p-1. The van der Waals surface area contributed by atoms with E-state index < -0.39 is 26.5 Å². The molecule has 2 rings (SSSR count). The molecule has 0 aromatic heterocycles. The predicted octanol–water partition coefficient (Wildman–Crippen LogP) is -2.33. The fourth-order valence-electron chi connectivity index (χ4n) is 2.41. The first-order valence-electron chi connectivity index (χ1n) is 8.16. The number of nitrogens with one attached hydrogen (secondary N) is 1. The third-order valence-corrected chi connectivity index (χ3v) is 5.77. The molecule has 0 unspecified atom stereocenters. The van der Waals surface area contributed by atoms with E-state index in [2.05, 4.69) is 17.2 Å². The van der Waals surface area contributed by atoms with Crippen LogP contribution >= 0.6 is 0 Å². The molecule has 2 aromatic carbocycles. The molecule has 0 saturated carbocycles. The number of nitro groups is 1. The van der Waals surface area contributed by atoms with Crippen molar-refractivity contribution in [2.24, 2.45) is 5.10 Å². The molecule has 0 atom stereocenters. The number of rotatable bonds is 9. The van der Waals surface area contributed by atoms with Crippen molar-refractivity contribution in [3.8, 4) is 5.75 Å². The topological polar surface area (TPSA) is 158 Å². The second-order valence-corrected chi connectivity index (χ2v) is 8.11. The monoisotopic (exact) mass is 459 g/mol. The average Bonchev–Trinajstić information content (AvgIpc) is 2.71. The molecule has 1 N–H and O–H groups in total. The Morgan fingerprint density at radius 2 is 1.87 bits per heavy atom. The normalized spacial score (nSPS) is 10.7. The number of benzene rings is 2. The van der Waals surface area contributed by atoms with E-state index in [4.69, 9.17) is 4.74 Å². The number of hydrazone groups is 1. The first kappa shape index (κ1) is 26.3. The number of hydrogen-bond donors (Lipinski definition) is 1. The third-order valence-electron chi connectivity index (χ3n) is 3.96. The first-order valence-corrected chi connectivity index (χ1v) is 9.60. The van der Waals surface area contributed by atoms with E-state index in [-0.39, 0.29) is 57.3 Å². The molecule has 0 fully saturated rings. The minimum atomic E-state index is -3.89. The van der Waals surface area contributed by atoms with E-state index in [1.807, 2.05) is 0 Å². The molecule has 160 valence electrons. The van der Waals surface area contributed by atoms with Crippen LogP contribution in [0.25, 0.3) is 0 Å². The van der Waals surface area contributed by atoms with Crippen LogP contribution in [0.3, 0.4) is 0 Å². The zero-order chi connectivity index (χ0) is 22.6. The second-order valence-electron chi connectivity index (χ2n) is 5.96. The number of hydrogen-bond acceptors (Lipinski definition) is 10. The number of carbonyl (C=O) groups is 1. The number of ether oxygens (including phenoxy) is 1. The van der Waals surface area contributed by atoms with Crippen LogP contribution in [0, 0.1) is 10.1 Å². The summed E-state index contributed by atoms with van der Waals surface area (Å²) in [6.07, 6.45) is 0. The molecule has 0 heterocycles. The van der Waals surface area contributed by atoms with E-state index in [1.165, 1.54) is 45.5 Å². The van der Waals surface area contributed by atoms with E-state index >= 15 is 0 Å². The molecule has 31 heavy (non-hydrogen) atoms. The molecule has 14 heteroatoms. The van der Waals surface area contributed by atoms with Crippen LogP contribution in [0.1, 0.15) is 10.4 Å². The zero-order valence-electron chi connectivity index (χ0n) is 17.2. The summed E-state index contributed by atoms with van der Waals surface area (Å²) in [6.45, 7) is 3.36. The van der Waals surface area contributed by atoms with Gasteiger partial charge in [0.05, 0.1) is 40.3 Å². The van der Waals surface area contributed by atoms with E-state index in [1.54, 1.807) is 0 Å². The number of carboxylic acids is 1. The van der Waals surface area contributed by atoms with Crippen molar-refractivity contribution >= 4 is 39.8 Å². The molecule has 0 bridgehead atoms. The van der Waals surface area contributed by atoms with Gasteiger partial charge in [-0.25, -0.2) is 12.7 Å². The van der Waals surface area contributed by atoms with Crippen LogP contribution in [0.5, 0.6) is 5.75 Å². The van der Waals surface area contributed by atoms with E-state index in [9.17, 15) is 28.4 Å². The number of carboxylic acid groups (broad SMARTS) is 1. The smallest absolute Gasteiger partial charge is 0.545 e. The fraction of sp³-hybridized carbons (Fsp3) is 0.176. The van der Waals surface area contributed by atoms with Gasteiger partial charge in [-0.3, -0.25) is 15.5 Å². The molecule has 0 aliphatic carbocycles. The minimum Gasteiger partial charge on any atom is -0.545 e. The van der Waals surface area contributed by atoms with Gasteiger partial charge in [0.25, 0.3) is 5.69 Å². The Hall–Kier alpha value is -2.71. The summed E-state index contributed by atoms with van der Waals surface area (Å²) >= 11 is 0. The van der Waals surface area contributed by atoms with Gasteiger partial charge in [-0.15, -0.1) is 0 Å². The van der Waals surface area contributed by atoms with Crippen molar-refractivity contribution < 1.29 is 57.5 Å². The third kappa shape index (κ3) is 5.71. The first-order chi connectivity index (χ1) is 14.0. The van der Waals surface area contributed by atoms with Gasteiger partial charge in [0.2, 0.25) is 10.0 Å². The minimum absolute atomic E-state index is 0. The molecule has 0 aliphatic rings. The van der Waals surface area contributed by atoms with Gasteiger partial charge in [0.1, 0.15) is 0 Å². The average molecular weight is 459 g/mol. The van der Waals surface area contributed by atoms with Crippen molar-refractivity contribution in [2.75, 3.05) is 31.7 Å². The predicted molar refractivity (Wildman–Crippen MR) is 107 cm³/mol. The maximum atomic E-state index is 12.3. The molecular formula is C17H18N5NaO7S. The molecule has 2 aromatic rings. The number of methoxy groups -OCH3 is 1. The fourth-order valence-corrected chi connectivity index (χ4v) is 3.33. The molecule has 0 saturated heterocycles. The maximum absolute atomic E-state index is 12.3. The number of carbonyl (C=O) groups excluding carboxylic acids is 1. The molecular weight excluding hydrogens is 441 g/mol. The Balaban J connectivity index is 0.00000480. The van der Waals surface area contributed by atoms with Crippen LogP contribution in [0.2, 0.25) is 0 Å². The number of aromatic carboxylic acids is 1. The number of nitro benzene ring substituents is 1. The van der Waals surface area contributed by atoms with Crippen molar-refractivity contribution in [1.29, 1.82) is 0 Å². The summed E-state index contributed by atoms with van der Waals surface area (Å²) in [5.41, 5.74) is 2.15. The number of non-ortho nitro benzene ring substituents is 1. The Bertz CT molecular complexity index is 1110. The van der Waals surface area contributed by atoms with E-state index in [0.717, 1.165) is 21.6 Å². The van der Waals surface area contributed by atoms with Gasteiger partial charge >= 0.3 is 29.6 Å². The van der Waals surface area contributed by atoms with Crippen molar-refractivity contribution in [3.05, 3.63) is 52.1 Å². The number of sulfonamides is 1. The van der Waals surface area contributed by atoms with Gasteiger partial charge in [-0.05, 0) is 24.3 Å². The van der Waals surface area contributed by atoms with E-state index in [0.29, 0.717) is 0 Å². The van der Waals surface area contributed by atoms with Crippen molar-refractivity contribution in [2.45, 2.75) is 4.90 Å². The number of hydrazine groups is 1. The van der Waals surface area contributed by atoms with Crippen LogP contribution in [-0.2, 0) is 10.0 Å². The molecule has 0 aliphatic heterocycles. The summed E-state index contributed by atoms with van der Waals surface area (Å²) in [6, 6.07) is 7.05. The summed E-state index contributed by atoms with van der Waals surface area (Å²) < 4.78 is 30.6. The molecule has 12 nitrogen and oxygen atoms in total.